The van der Waals surface area contributed by atoms with Gasteiger partial charge in [-0.2, -0.15) is 15.4 Å². The van der Waals surface area contributed by atoms with Crippen molar-refractivity contribution >= 4 is 34.2 Å². The van der Waals surface area contributed by atoms with Gasteiger partial charge in [-0.3, -0.25) is 20.4 Å². The van der Waals surface area contributed by atoms with Crippen LogP contribution in [-0.4, -0.2) is 27.2 Å². The van der Waals surface area contributed by atoms with Gasteiger partial charge in [0.2, 0.25) is 0 Å². The van der Waals surface area contributed by atoms with Gasteiger partial charge in [0.25, 0.3) is 11.8 Å². The van der Waals surface area contributed by atoms with Gasteiger partial charge in [-0.05, 0) is 53.4 Å². The quantitative estimate of drug-likeness (QED) is 0.355. The Morgan fingerprint density at radius 2 is 1.44 bits per heavy atom. The summed E-state index contributed by atoms with van der Waals surface area (Å²) in [6, 6.07) is 19.7. The molecule has 2 amide bonds. The van der Waals surface area contributed by atoms with E-state index >= 15 is 0 Å². The highest BCUT2D eigenvalue weighted by Gasteiger charge is 2.15. The van der Waals surface area contributed by atoms with Gasteiger partial charge in [0.1, 0.15) is 11.0 Å². The Morgan fingerprint density at radius 3 is 2.16 bits per heavy atom. The number of para-hydroxylation sites is 2. The second kappa shape index (κ2) is 8.50. The first-order valence-electron chi connectivity index (χ1n) is 10.2. The smallest absolute Gasteiger partial charge is 0.269 e. The maximum atomic E-state index is 12.7. The molecule has 162 valence electrons. The number of carbonyl (C=O) groups excluding carboxylic acids is 2. The molecule has 0 unspecified atom stereocenters. The number of carbonyl (C=O) groups is 2. The fraction of sp³-hybridized carbons (Fsp3) is 0.167. The highest BCUT2D eigenvalue weighted by atomic mass is 16.2. The summed E-state index contributed by atoms with van der Waals surface area (Å²) >= 11 is 0. The van der Waals surface area contributed by atoms with E-state index < -0.39 is 0 Å². The third-order valence-corrected chi connectivity index (χ3v) is 5.08. The van der Waals surface area contributed by atoms with E-state index in [0.717, 1.165) is 5.56 Å². The normalized spacial score (nSPS) is 11.2. The van der Waals surface area contributed by atoms with Gasteiger partial charge in [-0.15, -0.1) is 0 Å². The van der Waals surface area contributed by atoms with Gasteiger partial charge in [-0.25, -0.2) is 0 Å². The number of rotatable bonds is 5. The largest absolute Gasteiger partial charge is 0.320 e. The van der Waals surface area contributed by atoms with Gasteiger partial charge in [0.15, 0.2) is 0 Å². The zero-order chi connectivity index (χ0) is 22.7. The van der Waals surface area contributed by atoms with Crippen LogP contribution in [-0.2, 0) is 5.41 Å². The monoisotopic (exact) mass is 428 g/mol. The van der Waals surface area contributed by atoms with Gasteiger partial charge < -0.3 is 5.32 Å². The van der Waals surface area contributed by atoms with E-state index in [-0.39, 0.29) is 17.2 Å². The molecule has 0 aliphatic rings. The number of benzene rings is 3. The number of aromatic nitrogens is 3. The Balaban J connectivity index is 1.44. The van der Waals surface area contributed by atoms with Crippen molar-refractivity contribution in [2.45, 2.75) is 26.2 Å². The summed E-state index contributed by atoms with van der Waals surface area (Å²) < 4.78 is 0. The van der Waals surface area contributed by atoms with Crippen LogP contribution in [0.1, 0.15) is 47.1 Å². The molecule has 0 radical (unpaired) electrons. The molecule has 0 saturated carbocycles. The van der Waals surface area contributed by atoms with E-state index in [9.17, 15) is 9.59 Å². The fourth-order valence-corrected chi connectivity index (χ4v) is 3.19. The van der Waals surface area contributed by atoms with Crippen LogP contribution in [0.2, 0.25) is 0 Å². The van der Waals surface area contributed by atoms with Crippen molar-refractivity contribution in [2.24, 2.45) is 0 Å². The number of aromatic amines is 1. The van der Waals surface area contributed by atoms with Crippen LogP contribution >= 0.6 is 0 Å². The van der Waals surface area contributed by atoms with Gasteiger partial charge in [0, 0.05) is 11.1 Å². The number of anilines is 2. The molecule has 4 N–H and O–H groups in total. The summed E-state index contributed by atoms with van der Waals surface area (Å²) in [7, 11) is 0. The second-order valence-electron chi connectivity index (χ2n) is 8.43. The van der Waals surface area contributed by atoms with E-state index in [4.69, 9.17) is 0 Å². The lowest BCUT2D eigenvalue weighted by Gasteiger charge is -2.19. The zero-order valence-electron chi connectivity index (χ0n) is 18.1. The molecule has 8 heteroatoms. The van der Waals surface area contributed by atoms with Crippen LogP contribution in [0.4, 0.5) is 11.4 Å². The minimum absolute atomic E-state index is 0.0165. The summed E-state index contributed by atoms with van der Waals surface area (Å²) in [5, 5.41) is 13.4. The number of nitrogens with zero attached hydrogens (tertiary/aromatic N) is 2. The Morgan fingerprint density at radius 1 is 0.781 bits per heavy atom. The Kier molecular flexibility index (Phi) is 5.59. The van der Waals surface area contributed by atoms with E-state index in [1.807, 2.05) is 18.2 Å². The predicted octanol–water partition coefficient (Wildman–Crippen LogP) is 4.26. The topological polar surface area (TPSA) is 112 Å². The molecular formula is C24H24N6O2. The van der Waals surface area contributed by atoms with E-state index in [1.54, 1.807) is 48.5 Å². The molecule has 0 saturated heterocycles. The molecule has 0 aliphatic carbocycles. The van der Waals surface area contributed by atoms with E-state index in [2.05, 4.69) is 52.4 Å². The number of hydrogen-bond acceptors (Lipinski definition) is 5. The molecule has 0 bridgehead atoms. The summed E-state index contributed by atoms with van der Waals surface area (Å²) in [5.74, 6) is -0.573. The molecule has 4 aromatic rings. The summed E-state index contributed by atoms with van der Waals surface area (Å²) in [4.78, 5) is 25.3. The SMILES string of the molecule is CC(C)(C)c1ccc(C(=O)NNc2ccccc2NC(=O)c2ccc3n[nH]nc3c2)cc1. The lowest BCUT2D eigenvalue weighted by Crippen LogP contribution is -2.30. The molecule has 0 spiro atoms. The van der Waals surface area contributed by atoms with Crippen LogP contribution in [0.3, 0.4) is 0 Å². The van der Waals surface area contributed by atoms with Crippen LogP contribution in [0, 0.1) is 0 Å². The lowest BCUT2D eigenvalue weighted by molar-refractivity contribution is 0.0962. The molecule has 32 heavy (non-hydrogen) atoms. The standard InChI is InChI=1S/C24H24N6O2/c1-24(2,3)17-11-8-15(9-12-17)23(32)29-26-19-7-5-4-6-18(19)25-22(31)16-10-13-20-21(14-16)28-30-27-20/h4-14,26H,1-3H3,(H,25,31)(H,29,32)(H,27,28,30). The van der Waals surface area contributed by atoms with E-state index in [1.165, 1.54) is 0 Å². The van der Waals surface area contributed by atoms with Crippen molar-refractivity contribution in [1.29, 1.82) is 0 Å². The van der Waals surface area contributed by atoms with Gasteiger partial charge in [0.05, 0.1) is 11.4 Å². The van der Waals surface area contributed by atoms with Gasteiger partial charge >= 0.3 is 0 Å². The summed E-state index contributed by atoms with van der Waals surface area (Å²) in [6.07, 6.45) is 0. The molecule has 0 atom stereocenters. The Bertz CT molecular complexity index is 1270. The van der Waals surface area contributed by atoms with Crippen LogP contribution in [0.5, 0.6) is 0 Å². The lowest BCUT2D eigenvalue weighted by atomic mass is 9.87. The fourth-order valence-electron chi connectivity index (χ4n) is 3.19. The zero-order valence-corrected chi connectivity index (χ0v) is 18.1. The molecule has 0 fully saturated rings. The van der Waals surface area contributed by atoms with Crippen molar-refractivity contribution in [3.63, 3.8) is 0 Å². The van der Waals surface area contributed by atoms with Crippen LogP contribution in [0.25, 0.3) is 11.0 Å². The van der Waals surface area contributed by atoms with E-state index in [0.29, 0.717) is 33.5 Å². The maximum absolute atomic E-state index is 12.7. The first-order valence-corrected chi connectivity index (χ1v) is 10.2. The average molecular weight is 428 g/mol. The molecule has 1 aromatic heterocycles. The molecule has 3 aromatic carbocycles. The average Bonchev–Trinajstić information content (AvgIpc) is 3.25. The van der Waals surface area contributed by atoms with Crippen molar-refractivity contribution in [3.8, 4) is 0 Å². The third-order valence-electron chi connectivity index (χ3n) is 5.08. The minimum Gasteiger partial charge on any atom is -0.320 e. The highest BCUT2D eigenvalue weighted by molar-refractivity contribution is 6.07. The summed E-state index contributed by atoms with van der Waals surface area (Å²) in [6.45, 7) is 6.37. The molecule has 1 heterocycles. The minimum atomic E-state index is -0.298. The molecule has 8 nitrogen and oxygen atoms in total. The second-order valence-corrected chi connectivity index (χ2v) is 8.43. The third kappa shape index (κ3) is 4.59. The molecular weight excluding hydrogens is 404 g/mol. The number of H-pyrrole nitrogens is 1. The van der Waals surface area contributed by atoms with Gasteiger partial charge in [-0.1, -0.05) is 45.0 Å². The Labute approximate surface area is 185 Å². The Hall–Kier alpha value is -4.20. The summed E-state index contributed by atoms with van der Waals surface area (Å²) in [5.41, 5.74) is 10.1. The highest BCUT2D eigenvalue weighted by Crippen LogP contribution is 2.23. The number of amides is 2. The number of hydrazine groups is 1. The van der Waals surface area contributed by atoms with Crippen molar-refractivity contribution in [3.05, 3.63) is 83.4 Å². The molecule has 0 aliphatic heterocycles. The predicted molar refractivity (Wildman–Crippen MR) is 125 cm³/mol. The van der Waals surface area contributed by atoms with Crippen molar-refractivity contribution in [2.75, 3.05) is 10.7 Å². The van der Waals surface area contributed by atoms with Crippen LogP contribution < -0.4 is 16.2 Å². The number of nitrogens with one attached hydrogen (secondary N) is 4. The first kappa shape index (κ1) is 21.0. The first-order chi connectivity index (χ1) is 15.3. The maximum Gasteiger partial charge on any atom is 0.269 e. The molecule has 4 rings (SSSR count). The van der Waals surface area contributed by atoms with Crippen LogP contribution in [0.15, 0.2) is 66.7 Å². The number of hydrogen-bond donors (Lipinski definition) is 4. The number of fused-ring (bicyclic) bond motifs is 1. The van der Waals surface area contributed by atoms with Crippen molar-refractivity contribution < 1.29 is 9.59 Å². The van der Waals surface area contributed by atoms with Crippen molar-refractivity contribution in [1.82, 2.24) is 20.8 Å².